The fourth-order valence-corrected chi connectivity index (χ4v) is 5.07. The maximum Gasteiger partial charge on any atom is 0.222 e. The lowest BCUT2D eigenvalue weighted by Crippen LogP contribution is -2.28. The Balaban J connectivity index is 1.68. The Bertz CT molecular complexity index is 824. The molecule has 0 bridgehead atoms. The number of amides is 1. The van der Waals surface area contributed by atoms with Gasteiger partial charge in [-0.3, -0.25) is 4.79 Å². The lowest BCUT2D eigenvalue weighted by molar-refractivity contribution is -0.131. The number of hydrogen-bond donors (Lipinski definition) is 0. The summed E-state index contributed by atoms with van der Waals surface area (Å²) in [5.74, 6) is 0.362. The maximum atomic E-state index is 12.4. The molecule has 1 amide bonds. The number of carbonyl (C=O) groups is 1. The first kappa shape index (κ1) is 16.0. The summed E-state index contributed by atoms with van der Waals surface area (Å²) >= 11 is 0. The van der Waals surface area contributed by atoms with Crippen LogP contribution in [0.2, 0.25) is 0 Å². The number of sulfone groups is 1. The molecule has 1 atom stereocenters. The Kier molecular flexibility index (Phi) is 4.39. The number of hydrogen-bond acceptors (Lipinski definition) is 3. The molecule has 0 N–H and O–H groups in total. The minimum Gasteiger partial charge on any atom is -0.341 e. The predicted octanol–water partition coefficient (Wildman–Crippen LogP) is 2.62. The number of benzene rings is 2. The first-order chi connectivity index (χ1) is 10.9. The Morgan fingerprint density at radius 3 is 2.65 bits per heavy atom. The van der Waals surface area contributed by atoms with Gasteiger partial charge in [0.25, 0.3) is 0 Å². The number of rotatable bonds is 4. The number of nitrogens with zero attached hydrogens (tertiary/aromatic N) is 1. The van der Waals surface area contributed by atoms with E-state index in [0.29, 0.717) is 19.4 Å². The fourth-order valence-electron chi connectivity index (χ4n) is 3.21. The average Bonchev–Trinajstić information content (AvgIpc) is 2.86. The van der Waals surface area contributed by atoms with Gasteiger partial charge >= 0.3 is 0 Å². The van der Waals surface area contributed by atoms with Gasteiger partial charge in [0.2, 0.25) is 5.91 Å². The second kappa shape index (κ2) is 6.32. The van der Waals surface area contributed by atoms with Crippen LogP contribution in [0.15, 0.2) is 42.5 Å². The minimum atomic E-state index is -2.93. The van der Waals surface area contributed by atoms with Crippen molar-refractivity contribution in [1.82, 2.24) is 4.90 Å². The van der Waals surface area contributed by atoms with Gasteiger partial charge in [0.1, 0.15) is 0 Å². The molecule has 0 aromatic heterocycles. The Hall–Kier alpha value is -1.88. The van der Waals surface area contributed by atoms with Crippen LogP contribution in [0.25, 0.3) is 10.8 Å². The third-order valence-corrected chi connectivity index (χ3v) is 6.34. The summed E-state index contributed by atoms with van der Waals surface area (Å²) < 4.78 is 23.0. The van der Waals surface area contributed by atoms with Crippen LogP contribution in [0.1, 0.15) is 18.4 Å². The minimum absolute atomic E-state index is 0.0139. The van der Waals surface area contributed by atoms with Crippen LogP contribution in [-0.2, 0) is 21.2 Å². The highest BCUT2D eigenvalue weighted by Crippen LogP contribution is 2.24. The van der Waals surface area contributed by atoms with E-state index in [1.165, 1.54) is 0 Å². The molecular weight excluding hydrogens is 310 g/mol. The smallest absolute Gasteiger partial charge is 0.222 e. The van der Waals surface area contributed by atoms with E-state index >= 15 is 0 Å². The van der Waals surface area contributed by atoms with E-state index in [2.05, 4.69) is 18.2 Å². The highest BCUT2D eigenvalue weighted by Gasteiger charge is 2.30. The molecule has 0 radical (unpaired) electrons. The second-order valence-corrected chi connectivity index (χ2v) is 8.59. The van der Waals surface area contributed by atoms with Crippen molar-refractivity contribution in [3.8, 4) is 0 Å². The lowest BCUT2D eigenvalue weighted by Gasteiger charge is -2.20. The van der Waals surface area contributed by atoms with Crippen molar-refractivity contribution >= 4 is 26.5 Å². The van der Waals surface area contributed by atoms with Crippen molar-refractivity contribution in [1.29, 1.82) is 0 Å². The van der Waals surface area contributed by atoms with E-state index in [9.17, 15) is 13.2 Å². The summed E-state index contributed by atoms with van der Waals surface area (Å²) in [7, 11) is -1.14. The SMILES string of the molecule is CN(Cc1cccc2ccccc12)C(=O)CC1CCS(=O)(=O)C1. The van der Waals surface area contributed by atoms with Crippen LogP contribution in [0.4, 0.5) is 0 Å². The van der Waals surface area contributed by atoms with Gasteiger partial charge < -0.3 is 4.90 Å². The Morgan fingerprint density at radius 2 is 1.91 bits per heavy atom. The monoisotopic (exact) mass is 331 g/mol. The van der Waals surface area contributed by atoms with E-state index in [1.807, 2.05) is 24.3 Å². The van der Waals surface area contributed by atoms with Gasteiger partial charge in [-0.05, 0) is 28.7 Å². The highest BCUT2D eigenvalue weighted by molar-refractivity contribution is 7.91. The molecule has 2 aromatic carbocycles. The molecule has 1 saturated heterocycles. The molecule has 2 aromatic rings. The summed E-state index contributed by atoms with van der Waals surface area (Å²) in [6, 6.07) is 14.2. The summed E-state index contributed by atoms with van der Waals surface area (Å²) in [5.41, 5.74) is 1.11. The molecule has 122 valence electrons. The van der Waals surface area contributed by atoms with Crippen molar-refractivity contribution < 1.29 is 13.2 Å². The van der Waals surface area contributed by atoms with E-state index in [1.54, 1.807) is 11.9 Å². The Labute approximate surface area is 137 Å². The molecule has 0 saturated carbocycles. The molecule has 1 fully saturated rings. The largest absolute Gasteiger partial charge is 0.341 e. The molecular formula is C18H21NO3S. The van der Waals surface area contributed by atoms with Crippen LogP contribution in [0.5, 0.6) is 0 Å². The van der Waals surface area contributed by atoms with Crippen molar-refractivity contribution in [2.24, 2.45) is 5.92 Å². The second-order valence-electron chi connectivity index (χ2n) is 6.36. The predicted molar refractivity (Wildman–Crippen MR) is 91.8 cm³/mol. The zero-order chi connectivity index (χ0) is 16.4. The molecule has 0 aliphatic carbocycles. The van der Waals surface area contributed by atoms with Gasteiger partial charge in [-0.15, -0.1) is 0 Å². The summed E-state index contributed by atoms with van der Waals surface area (Å²) in [5, 5.41) is 2.31. The van der Waals surface area contributed by atoms with Crippen molar-refractivity contribution in [3.63, 3.8) is 0 Å². The molecule has 3 rings (SSSR count). The topological polar surface area (TPSA) is 54.5 Å². The first-order valence-electron chi connectivity index (χ1n) is 7.86. The van der Waals surface area contributed by atoms with Gasteiger partial charge in [-0.25, -0.2) is 8.42 Å². The summed E-state index contributed by atoms with van der Waals surface area (Å²) in [4.78, 5) is 14.1. The van der Waals surface area contributed by atoms with Gasteiger partial charge in [0.15, 0.2) is 9.84 Å². The zero-order valence-corrected chi connectivity index (χ0v) is 14.1. The van der Waals surface area contributed by atoms with E-state index < -0.39 is 9.84 Å². The van der Waals surface area contributed by atoms with Crippen molar-refractivity contribution in [2.45, 2.75) is 19.4 Å². The van der Waals surface area contributed by atoms with Gasteiger partial charge in [-0.2, -0.15) is 0 Å². The molecule has 1 aliphatic heterocycles. The molecule has 5 heteroatoms. The molecule has 1 heterocycles. The van der Waals surface area contributed by atoms with E-state index in [4.69, 9.17) is 0 Å². The van der Waals surface area contributed by atoms with Crippen molar-refractivity contribution in [3.05, 3.63) is 48.0 Å². The van der Waals surface area contributed by atoms with Crippen LogP contribution < -0.4 is 0 Å². The quantitative estimate of drug-likeness (QED) is 0.865. The third-order valence-electron chi connectivity index (χ3n) is 4.50. The van der Waals surface area contributed by atoms with E-state index in [0.717, 1.165) is 16.3 Å². The van der Waals surface area contributed by atoms with Gasteiger partial charge in [0.05, 0.1) is 11.5 Å². The number of fused-ring (bicyclic) bond motifs is 1. The molecule has 0 spiro atoms. The average molecular weight is 331 g/mol. The molecule has 1 unspecified atom stereocenters. The molecule has 1 aliphatic rings. The number of carbonyl (C=O) groups excluding carboxylic acids is 1. The third kappa shape index (κ3) is 3.72. The maximum absolute atomic E-state index is 12.4. The molecule has 23 heavy (non-hydrogen) atoms. The normalized spacial score (nSPS) is 19.8. The first-order valence-corrected chi connectivity index (χ1v) is 9.68. The van der Waals surface area contributed by atoms with Crippen LogP contribution in [0.3, 0.4) is 0 Å². The summed E-state index contributed by atoms with van der Waals surface area (Å²) in [6.07, 6.45) is 0.927. The standard InChI is InChI=1S/C18H21NO3S/c1-19(18(20)11-14-9-10-23(21,22)13-14)12-16-7-4-6-15-5-2-3-8-17(15)16/h2-8,14H,9-13H2,1H3. The highest BCUT2D eigenvalue weighted by atomic mass is 32.2. The lowest BCUT2D eigenvalue weighted by atomic mass is 10.0. The molecule has 4 nitrogen and oxygen atoms in total. The van der Waals surface area contributed by atoms with Gasteiger partial charge in [-0.1, -0.05) is 42.5 Å². The fraction of sp³-hybridized carbons (Fsp3) is 0.389. The Morgan fingerprint density at radius 1 is 1.17 bits per heavy atom. The van der Waals surface area contributed by atoms with E-state index in [-0.39, 0.29) is 23.3 Å². The summed E-state index contributed by atoms with van der Waals surface area (Å²) in [6.45, 7) is 0.541. The van der Waals surface area contributed by atoms with Crippen LogP contribution in [0, 0.1) is 5.92 Å². The van der Waals surface area contributed by atoms with Crippen molar-refractivity contribution in [2.75, 3.05) is 18.6 Å². The van der Waals surface area contributed by atoms with Crippen LogP contribution >= 0.6 is 0 Å². The van der Waals surface area contributed by atoms with Crippen LogP contribution in [-0.4, -0.2) is 37.8 Å². The zero-order valence-electron chi connectivity index (χ0n) is 13.2. The van der Waals surface area contributed by atoms with Gasteiger partial charge in [0, 0.05) is 20.0 Å².